The summed E-state index contributed by atoms with van der Waals surface area (Å²) in [5.74, 6) is -0.816. The normalized spacial score (nSPS) is 9.69. The van der Waals surface area contributed by atoms with Gasteiger partial charge in [0.1, 0.15) is 0 Å². The van der Waals surface area contributed by atoms with Crippen molar-refractivity contribution in [3.63, 3.8) is 0 Å². The number of carbonyl (C=O) groups excluding carboxylic acids is 1. The van der Waals surface area contributed by atoms with E-state index in [1.807, 2.05) is 0 Å². The molecule has 0 atom stereocenters. The molecule has 0 bridgehead atoms. The minimum absolute atomic E-state index is 0.0106. The van der Waals surface area contributed by atoms with Crippen LogP contribution in [0.25, 0.3) is 0 Å². The van der Waals surface area contributed by atoms with E-state index in [1.165, 1.54) is 7.11 Å². The van der Waals surface area contributed by atoms with Crippen molar-refractivity contribution in [3.8, 4) is 5.88 Å². The molecule has 0 saturated carbocycles. The highest BCUT2D eigenvalue weighted by Crippen LogP contribution is 2.20. The van der Waals surface area contributed by atoms with Gasteiger partial charge in [0.2, 0.25) is 5.88 Å². The van der Waals surface area contributed by atoms with E-state index in [9.17, 15) is 4.79 Å². The smallest absolute Gasteiger partial charge is 0.273 e. The summed E-state index contributed by atoms with van der Waals surface area (Å²) in [6.07, 6.45) is 0. The molecule has 13 heavy (non-hydrogen) atoms. The van der Waals surface area contributed by atoms with Crippen LogP contribution in [-0.2, 0) is 0 Å². The first-order valence-corrected chi connectivity index (χ1v) is 3.61. The molecule has 0 fully saturated rings. The van der Waals surface area contributed by atoms with Crippen molar-refractivity contribution in [1.29, 1.82) is 0 Å². The summed E-state index contributed by atoms with van der Waals surface area (Å²) in [6.45, 7) is 0. The molecule has 0 aliphatic rings. The Hall–Kier alpha value is -1.56. The van der Waals surface area contributed by atoms with Gasteiger partial charge in [0.25, 0.3) is 5.91 Å². The van der Waals surface area contributed by atoms with Crippen LogP contribution in [0.5, 0.6) is 5.88 Å². The maximum Gasteiger partial charge on any atom is 0.273 e. The van der Waals surface area contributed by atoms with E-state index in [4.69, 9.17) is 27.8 Å². The van der Waals surface area contributed by atoms with Crippen LogP contribution in [0.4, 0.5) is 5.82 Å². The number of ether oxygens (including phenoxy) is 1. The summed E-state index contributed by atoms with van der Waals surface area (Å²) in [5.41, 5.74) is 10.2. The van der Waals surface area contributed by atoms with Crippen molar-refractivity contribution >= 4 is 23.3 Å². The first kappa shape index (κ1) is 9.53. The molecule has 6 nitrogen and oxygen atoms in total. The number of nitrogens with zero attached hydrogens (tertiary/aromatic N) is 2. The highest BCUT2D eigenvalue weighted by atomic mass is 35.5. The molecule has 0 radical (unpaired) electrons. The van der Waals surface area contributed by atoms with Crippen molar-refractivity contribution in [3.05, 3.63) is 10.8 Å². The standard InChI is InChI=1S/C6H7ClN4O2/c1-13-6-2(5(9)12)10-3(7)4(8)11-6/h1H3,(H2,8,11)(H2,9,12). The zero-order valence-electron chi connectivity index (χ0n) is 6.74. The van der Waals surface area contributed by atoms with E-state index in [-0.39, 0.29) is 22.5 Å². The molecule has 0 unspecified atom stereocenters. The van der Waals surface area contributed by atoms with Crippen molar-refractivity contribution in [1.82, 2.24) is 9.97 Å². The maximum atomic E-state index is 10.8. The minimum Gasteiger partial charge on any atom is -0.479 e. The van der Waals surface area contributed by atoms with Crippen molar-refractivity contribution in [2.75, 3.05) is 12.8 Å². The second-order valence-electron chi connectivity index (χ2n) is 2.12. The number of anilines is 1. The van der Waals surface area contributed by atoms with E-state index >= 15 is 0 Å². The zero-order chi connectivity index (χ0) is 10.0. The molecule has 0 spiro atoms. The van der Waals surface area contributed by atoms with Gasteiger partial charge in [-0.25, -0.2) is 4.98 Å². The van der Waals surface area contributed by atoms with Crippen LogP contribution >= 0.6 is 11.6 Å². The fourth-order valence-corrected chi connectivity index (χ4v) is 0.841. The molecule has 1 amide bonds. The summed E-state index contributed by atoms with van der Waals surface area (Å²) in [6, 6.07) is 0. The molecular formula is C6H7ClN4O2. The average Bonchev–Trinajstić information content (AvgIpc) is 2.08. The molecule has 1 heterocycles. The van der Waals surface area contributed by atoms with Crippen LogP contribution < -0.4 is 16.2 Å². The van der Waals surface area contributed by atoms with Crippen molar-refractivity contribution < 1.29 is 9.53 Å². The third-order valence-electron chi connectivity index (χ3n) is 1.27. The van der Waals surface area contributed by atoms with Gasteiger partial charge >= 0.3 is 0 Å². The van der Waals surface area contributed by atoms with Crippen molar-refractivity contribution in [2.45, 2.75) is 0 Å². The quantitative estimate of drug-likeness (QED) is 0.692. The highest BCUT2D eigenvalue weighted by molar-refractivity contribution is 6.31. The van der Waals surface area contributed by atoms with Crippen LogP contribution in [0.3, 0.4) is 0 Å². The maximum absolute atomic E-state index is 10.8. The number of nitrogens with two attached hydrogens (primary N) is 2. The van der Waals surface area contributed by atoms with E-state index in [2.05, 4.69) is 9.97 Å². The summed E-state index contributed by atoms with van der Waals surface area (Å²) in [5, 5.41) is -0.0744. The number of aromatic nitrogens is 2. The predicted octanol–water partition coefficient (Wildman–Crippen LogP) is -0.180. The van der Waals surface area contributed by atoms with Gasteiger partial charge in [-0.1, -0.05) is 11.6 Å². The molecule has 7 heteroatoms. The van der Waals surface area contributed by atoms with Gasteiger partial charge in [0.05, 0.1) is 7.11 Å². The fourth-order valence-electron chi connectivity index (χ4n) is 0.715. The zero-order valence-corrected chi connectivity index (χ0v) is 7.50. The fraction of sp³-hybridized carbons (Fsp3) is 0.167. The van der Waals surface area contributed by atoms with Crippen LogP contribution in [0, 0.1) is 0 Å². The summed E-state index contributed by atoms with van der Waals surface area (Å²) < 4.78 is 4.73. The van der Waals surface area contributed by atoms with Crippen LogP contribution in [0.15, 0.2) is 0 Å². The van der Waals surface area contributed by atoms with Gasteiger partial charge < -0.3 is 16.2 Å². The Morgan fingerprint density at radius 2 is 2.15 bits per heavy atom. The number of rotatable bonds is 2. The topological polar surface area (TPSA) is 104 Å². The lowest BCUT2D eigenvalue weighted by Crippen LogP contribution is -2.16. The Labute approximate surface area is 78.9 Å². The average molecular weight is 203 g/mol. The third-order valence-corrected chi connectivity index (χ3v) is 1.55. The Kier molecular flexibility index (Phi) is 2.52. The molecule has 1 aromatic heterocycles. The van der Waals surface area contributed by atoms with Crippen LogP contribution in [0.1, 0.15) is 10.5 Å². The molecular weight excluding hydrogens is 196 g/mol. The number of halogens is 1. The summed E-state index contributed by atoms with van der Waals surface area (Å²) in [4.78, 5) is 18.1. The number of amides is 1. The van der Waals surface area contributed by atoms with Gasteiger partial charge in [-0.15, -0.1) is 0 Å². The molecule has 1 rings (SSSR count). The Morgan fingerprint density at radius 3 is 2.62 bits per heavy atom. The van der Waals surface area contributed by atoms with Gasteiger partial charge in [-0.3, -0.25) is 4.79 Å². The van der Waals surface area contributed by atoms with Gasteiger partial charge in [-0.2, -0.15) is 4.98 Å². The number of primary amides is 1. The SMILES string of the molecule is COc1nc(N)c(Cl)nc1C(N)=O. The second-order valence-corrected chi connectivity index (χ2v) is 2.48. The molecule has 1 aromatic rings. The van der Waals surface area contributed by atoms with Crippen LogP contribution in [0.2, 0.25) is 5.15 Å². The first-order chi connectivity index (χ1) is 6.06. The van der Waals surface area contributed by atoms with E-state index < -0.39 is 5.91 Å². The number of carbonyl (C=O) groups is 1. The summed E-state index contributed by atoms with van der Waals surface area (Å²) >= 11 is 5.52. The Morgan fingerprint density at radius 1 is 1.54 bits per heavy atom. The second kappa shape index (κ2) is 3.44. The molecule has 70 valence electrons. The van der Waals surface area contributed by atoms with E-state index in [0.717, 1.165) is 0 Å². The van der Waals surface area contributed by atoms with Crippen molar-refractivity contribution in [2.24, 2.45) is 5.73 Å². The molecule has 0 aliphatic heterocycles. The van der Waals surface area contributed by atoms with Gasteiger partial charge in [-0.05, 0) is 0 Å². The Bertz CT molecular complexity index is 355. The number of nitrogen functional groups attached to an aromatic ring is 1. The summed E-state index contributed by atoms with van der Waals surface area (Å²) in [7, 11) is 1.32. The first-order valence-electron chi connectivity index (χ1n) is 3.23. The lowest BCUT2D eigenvalue weighted by Gasteiger charge is -2.04. The molecule has 0 aromatic carbocycles. The van der Waals surface area contributed by atoms with E-state index in [0.29, 0.717) is 0 Å². The molecule has 0 saturated heterocycles. The minimum atomic E-state index is -0.772. The third kappa shape index (κ3) is 1.78. The molecule has 0 aliphatic carbocycles. The number of hydrogen-bond acceptors (Lipinski definition) is 5. The Balaban J connectivity index is 3.33. The predicted molar refractivity (Wildman–Crippen MR) is 46.5 cm³/mol. The monoisotopic (exact) mass is 202 g/mol. The van der Waals surface area contributed by atoms with Gasteiger partial charge in [0.15, 0.2) is 16.7 Å². The van der Waals surface area contributed by atoms with E-state index in [1.54, 1.807) is 0 Å². The number of methoxy groups -OCH3 is 1. The largest absolute Gasteiger partial charge is 0.479 e. The lowest BCUT2D eigenvalue weighted by atomic mass is 10.4. The lowest BCUT2D eigenvalue weighted by molar-refractivity contribution is 0.0991. The van der Waals surface area contributed by atoms with Gasteiger partial charge in [0, 0.05) is 0 Å². The van der Waals surface area contributed by atoms with Crippen LogP contribution in [-0.4, -0.2) is 23.0 Å². The molecule has 4 N–H and O–H groups in total. The number of hydrogen-bond donors (Lipinski definition) is 2. The highest BCUT2D eigenvalue weighted by Gasteiger charge is 2.15.